The number of carbonyl (C=O) groups is 1. The van der Waals surface area contributed by atoms with Crippen molar-refractivity contribution in [2.75, 3.05) is 59.8 Å². The molecule has 1 amide bonds. The maximum absolute atomic E-state index is 11.3. The third kappa shape index (κ3) is 14.4. The molecular weight excluding hydrogens is 296 g/mol. The van der Waals surface area contributed by atoms with E-state index in [1.165, 1.54) is 0 Å². The molecule has 23 heavy (non-hydrogen) atoms. The maximum Gasteiger partial charge on any atom is 0.246 e. The smallest absolute Gasteiger partial charge is 0.246 e. The van der Waals surface area contributed by atoms with Gasteiger partial charge in [-0.25, -0.2) is 0 Å². The number of rotatable bonds is 15. The highest BCUT2D eigenvalue weighted by atomic mass is 16.5. The molecule has 6 heteroatoms. The fraction of sp³-hybridized carbons (Fsp3) is 0.824. The first kappa shape index (κ1) is 22.1. The van der Waals surface area contributed by atoms with E-state index in [-0.39, 0.29) is 11.8 Å². The normalized spacial score (nSPS) is 13.6. The molecule has 0 radical (unpaired) electrons. The van der Waals surface area contributed by atoms with Gasteiger partial charge in [0.1, 0.15) is 0 Å². The average Bonchev–Trinajstić information content (AvgIpc) is 2.51. The SMILES string of the molecule is C=C(C)C(=O)NCC(C)COCCOCCOCC(C)CNC. The van der Waals surface area contributed by atoms with Crippen LogP contribution in [-0.2, 0) is 19.0 Å². The van der Waals surface area contributed by atoms with E-state index in [2.05, 4.69) is 24.1 Å². The van der Waals surface area contributed by atoms with Crippen LogP contribution < -0.4 is 10.6 Å². The molecule has 0 rings (SSSR count). The van der Waals surface area contributed by atoms with Crippen LogP contribution in [0.3, 0.4) is 0 Å². The minimum absolute atomic E-state index is 0.107. The van der Waals surface area contributed by atoms with Crippen molar-refractivity contribution >= 4 is 5.91 Å². The van der Waals surface area contributed by atoms with E-state index in [1.807, 2.05) is 14.0 Å². The summed E-state index contributed by atoms with van der Waals surface area (Å²) < 4.78 is 16.5. The van der Waals surface area contributed by atoms with E-state index in [1.54, 1.807) is 6.92 Å². The summed E-state index contributed by atoms with van der Waals surface area (Å²) >= 11 is 0. The topological polar surface area (TPSA) is 68.8 Å². The number of hydrogen-bond donors (Lipinski definition) is 2. The molecule has 0 aliphatic carbocycles. The summed E-state index contributed by atoms with van der Waals surface area (Å²) in [6.07, 6.45) is 0. The van der Waals surface area contributed by atoms with Gasteiger partial charge < -0.3 is 24.8 Å². The number of hydrogen-bond acceptors (Lipinski definition) is 5. The second-order valence-electron chi connectivity index (χ2n) is 6.02. The average molecular weight is 330 g/mol. The van der Waals surface area contributed by atoms with E-state index in [9.17, 15) is 4.79 Å². The molecule has 0 aromatic heterocycles. The van der Waals surface area contributed by atoms with Crippen LogP contribution in [-0.4, -0.2) is 65.7 Å². The van der Waals surface area contributed by atoms with Crippen molar-refractivity contribution < 1.29 is 19.0 Å². The lowest BCUT2D eigenvalue weighted by Crippen LogP contribution is -2.30. The Morgan fingerprint density at radius 3 is 1.91 bits per heavy atom. The first-order chi connectivity index (χ1) is 11.0. The summed E-state index contributed by atoms with van der Waals surface area (Å²) in [6.45, 7) is 14.6. The lowest BCUT2D eigenvalue weighted by molar-refractivity contribution is -0.117. The van der Waals surface area contributed by atoms with Crippen LogP contribution >= 0.6 is 0 Å². The molecule has 2 N–H and O–H groups in total. The van der Waals surface area contributed by atoms with Gasteiger partial charge in [0.05, 0.1) is 39.6 Å². The van der Waals surface area contributed by atoms with Crippen molar-refractivity contribution in [3.63, 3.8) is 0 Å². The van der Waals surface area contributed by atoms with Crippen molar-refractivity contribution in [1.29, 1.82) is 0 Å². The zero-order chi connectivity index (χ0) is 17.5. The molecule has 0 fully saturated rings. The largest absolute Gasteiger partial charge is 0.379 e. The molecule has 0 spiro atoms. The van der Waals surface area contributed by atoms with Crippen LogP contribution in [0.5, 0.6) is 0 Å². The molecule has 136 valence electrons. The van der Waals surface area contributed by atoms with E-state index < -0.39 is 0 Å². The highest BCUT2D eigenvalue weighted by Gasteiger charge is 2.06. The zero-order valence-electron chi connectivity index (χ0n) is 15.2. The highest BCUT2D eigenvalue weighted by molar-refractivity contribution is 5.92. The number of nitrogens with one attached hydrogen (secondary N) is 2. The quantitative estimate of drug-likeness (QED) is 0.349. The van der Waals surface area contributed by atoms with Crippen molar-refractivity contribution in [3.8, 4) is 0 Å². The molecule has 0 aliphatic rings. The highest BCUT2D eigenvalue weighted by Crippen LogP contribution is 1.96. The van der Waals surface area contributed by atoms with Gasteiger partial charge in [-0.3, -0.25) is 4.79 Å². The minimum Gasteiger partial charge on any atom is -0.379 e. The number of amides is 1. The van der Waals surface area contributed by atoms with Gasteiger partial charge in [-0.15, -0.1) is 0 Å². The molecular formula is C17H34N2O4. The molecule has 0 aromatic rings. The Labute approximate surface area is 140 Å². The van der Waals surface area contributed by atoms with E-state index >= 15 is 0 Å². The van der Waals surface area contributed by atoms with Gasteiger partial charge in [0.25, 0.3) is 0 Å². The summed E-state index contributed by atoms with van der Waals surface area (Å²) in [5.41, 5.74) is 0.522. The Bertz CT molecular complexity index is 324. The van der Waals surface area contributed by atoms with Gasteiger partial charge in [-0.2, -0.15) is 0 Å². The van der Waals surface area contributed by atoms with Gasteiger partial charge in [-0.05, 0) is 32.4 Å². The molecule has 0 saturated heterocycles. The van der Waals surface area contributed by atoms with Gasteiger partial charge in [0.15, 0.2) is 0 Å². The van der Waals surface area contributed by atoms with Gasteiger partial charge in [0, 0.05) is 12.1 Å². The number of carbonyl (C=O) groups excluding carboxylic acids is 1. The molecule has 0 heterocycles. The van der Waals surface area contributed by atoms with Gasteiger partial charge in [-0.1, -0.05) is 20.4 Å². The van der Waals surface area contributed by atoms with E-state index in [0.29, 0.717) is 51.1 Å². The first-order valence-corrected chi connectivity index (χ1v) is 8.28. The van der Waals surface area contributed by atoms with Crippen LogP contribution in [0.4, 0.5) is 0 Å². The van der Waals surface area contributed by atoms with Gasteiger partial charge >= 0.3 is 0 Å². The summed E-state index contributed by atoms with van der Waals surface area (Å²) in [5.74, 6) is 0.662. The Morgan fingerprint density at radius 1 is 0.957 bits per heavy atom. The van der Waals surface area contributed by atoms with Crippen molar-refractivity contribution in [3.05, 3.63) is 12.2 Å². The second-order valence-corrected chi connectivity index (χ2v) is 6.02. The standard InChI is InChI=1S/C17H34N2O4/c1-14(2)17(20)19-11-16(4)13-23-9-7-21-6-8-22-12-15(3)10-18-5/h15-16,18H,1,6-13H2,2-5H3,(H,19,20). The zero-order valence-corrected chi connectivity index (χ0v) is 15.2. The lowest BCUT2D eigenvalue weighted by Gasteiger charge is -2.13. The van der Waals surface area contributed by atoms with E-state index in [4.69, 9.17) is 14.2 Å². The van der Waals surface area contributed by atoms with Crippen molar-refractivity contribution in [1.82, 2.24) is 10.6 Å². The minimum atomic E-state index is -0.107. The number of ether oxygens (including phenoxy) is 3. The fourth-order valence-electron chi connectivity index (χ4n) is 1.79. The second kappa shape index (κ2) is 14.6. The van der Waals surface area contributed by atoms with Crippen LogP contribution in [0.15, 0.2) is 12.2 Å². The van der Waals surface area contributed by atoms with E-state index in [0.717, 1.165) is 13.2 Å². The maximum atomic E-state index is 11.3. The molecule has 2 unspecified atom stereocenters. The Hall–Kier alpha value is -0.950. The van der Waals surface area contributed by atoms with Crippen LogP contribution in [0, 0.1) is 11.8 Å². The predicted octanol–water partition coefficient (Wildman–Crippen LogP) is 1.22. The summed E-state index contributed by atoms with van der Waals surface area (Å²) in [7, 11) is 1.94. The summed E-state index contributed by atoms with van der Waals surface area (Å²) in [5, 5.41) is 5.92. The molecule has 0 saturated carbocycles. The van der Waals surface area contributed by atoms with Crippen LogP contribution in [0.25, 0.3) is 0 Å². The van der Waals surface area contributed by atoms with Crippen molar-refractivity contribution in [2.24, 2.45) is 11.8 Å². The molecule has 0 bridgehead atoms. The van der Waals surface area contributed by atoms with Gasteiger partial charge in [0.2, 0.25) is 5.91 Å². The lowest BCUT2D eigenvalue weighted by atomic mass is 10.2. The fourth-order valence-corrected chi connectivity index (χ4v) is 1.79. The molecule has 2 atom stereocenters. The monoisotopic (exact) mass is 330 g/mol. The first-order valence-electron chi connectivity index (χ1n) is 8.28. The molecule has 6 nitrogen and oxygen atoms in total. The third-order valence-electron chi connectivity index (χ3n) is 3.10. The summed E-state index contributed by atoms with van der Waals surface area (Å²) in [4.78, 5) is 11.3. The molecule has 0 aliphatic heterocycles. The van der Waals surface area contributed by atoms with Crippen molar-refractivity contribution in [2.45, 2.75) is 20.8 Å². The van der Waals surface area contributed by atoms with Crippen LogP contribution in [0.2, 0.25) is 0 Å². The predicted molar refractivity (Wildman–Crippen MR) is 92.5 cm³/mol. The Balaban J connectivity index is 3.32. The Kier molecular flexibility index (Phi) is 14.0. The molecule has 0 aromatic carbocycles. The summed E-state index contributed by atoms with van der Waals surface area (Å²) in [6, 6.07) is 0. The van der Waals surface area contributed by atoms with Crippen LogP contribution in [0.1, 0.15) is 20.8 Å². The Morgan fingerprint density at radius 2 is 1.43 bits per heavy atom. The third-order valence-corrected chi connectivity index (χ3v) is 3.10.